The van der Waals surface area contributed by atoms with Gasteiger partial charge in [0.05, 0.1) is 16.8 Å². The van der Waals surface area contributed by atoms with Crippen molar-refractivity contribution in [1.82, 2.24) is 0 Å². The quantitative estimate of drug-likeness (QED) is 0.455. The van der Waals surface area contributed by atoms with Crippen molar-refractivity contribution in [2.24, 2.45) is 0 Å². The number of halogens is 3. The van der Waals surface area contributed by atoms with E-state index in [-0.39, 0.29) is 22.4 Å². The van der Waals surface area contributed by atoms with E-state index in [2.05, 4.69) is 26.1 Å². The van der Waals surface area contributed by atoms with Crippen LogP contribution in [-0.2, 0) is 21.2 Å². The molecule has 0 bridgehead atoms. The largest absolute Gasteiger partial charge is 0.416 e. The van der Waals surface area contributed by atoms with Gasteiger partial charge in [-0.05, 0) is 46.9 Å². The van der Waals surface area contributed by atoms with E-state index < -0.39 is 23.6 Å². The van der Waals surface area contributed by atoms with E-state index in [9.17, 15) is 22.8 Å². The van der Waals surface area contributed by atoms with Gasteiger partial charge in [0.2, 0.25) is 0 Å². The first-order valence-corrected chi connectivity index (χ1v) is 10.7. The first-order valence-electron chi connectivity index (χ1n) is 10.7. The summed E-state index contributed by atoms with van der Waals surface area (Å²) in [6, 6.07) is 20.2. The van der Waals surface area contributed by atoms with Crippen molar-refractivity contribution in [2.75, 3.05) is 10.2 Å². The van der Waals surface area contributed by atoms with Crippen LogP contribution in [0.3, 0.4) is 0 Å². The molecule has 1 aliphatic heterocycles. The maximum atomic E-state index is 13.4. The van der Waals surface area contributed by atoms with Crippen LogP contribution in [0.15, 0.2) is 84.6 Å². The molecule has 0 spiro atoms. The fourth-order valence-corrected chi connectivity index (χ4v) is 3.77. The van der Waals surface area contributed by atoms with Crippen molar-refractivity contribution in [3.63, 3.8) is 0 Å². The standard InChI is InChI=1S/C27H23F3N2O2/c1-26(2,3)18-12-14-20(15-13-18)31-23-22(17-8-5-4-6-9-17)24(33)32(25(23)34)21-11-7-10-19(16-21)27(28,29)30/h4-16,31H,1-3H3. The minimum atomic E-state index is -4.60. The van der Waals surface area contributed by atoms with Gasteiger partial charge in [0.1, 0.15) is 5.70 Å². The maximum absolute atomic E-state index is 13.4. The molecular formula is C27H23F3N2O2. The highest BCUT2D eigenvalue weighted by Crippen LogP contribution is 2.37. The molecule has 0 aliphatic carbocycles. The molecular weight excluding hydrogens is 441 g/mol. The Morgan fingerprint density at radius 1 is 0.735 bits per heavy atom. The third-order valence-electron chi connectivity index (χ3n) is 5.60. The summed E-state index contributed by atoms with van der Waals surface area (Å²) in [4.78, 5) is 27.6. The molecule has 0 radical (unpaired) electrons. The number of hydrogen-bond donors (Lipinski definition) is 1. The van der Waals surface area contributed by atoms with Gasteiger partial charge in [-0.3, -0.25) is 9.59 Å². The topological polar surface area (TPSA) is 49.4 Å². The molecule has 3 aromatic rings. The summed E-state index contributed by atoms with van der Waals surface area (Å²) in [5.41, 5.74) is 1.14. The lowest BCUT2D eigenvalue weighted by atomic mass is 9.87. The zero-order chi connectivity index (χ0) is 24.7. The number of imide groups is 1. The zero-order valence-electron chi connectivity index (χ0n) is 18.9. The fourth-order valence-electron chi connectivity index (χ4n) is 3.77. The highest BCUT2D eigenvalue weighted by atomic mass is 19.4. The third kappa shape index (κ3) is 4.46. The van der Waals surface area contributed by atoms with E-state index in [4.69, 9.17) is 0 Å². The second-order valence-electron chi connectivity index (χ2n) is 9.06. The van der Waals surface area contributed by atoms with Gasteiger partial charge in [0.15, 0.2) is 0 Å². The normalized spacial score (nSPS) is 14.7. The number of carbonyl (C=O) groups excluding carboxylic acids is 2. The minimum absolute atomic E-state index is 0.0112. The summed E-state index contributed by atoms with van der Waals surface area (Å²) in [6.07, 6.45) is -4.60. The lowest BCUT2D eigenvalue weighted by Crippen LogP contribution is -2.32. The Morgan fingerprint density at radius 3 is 1.97 bits per heavy atom. The molecule has 174 valence electrons. The Kier molecular flexibility index (Phi) is 5.81. The lowest BCUT2D eigenvalue weighted by Gasteiger charge is -2.19. The average Bonchev–Trinajstić information content (AvgIpc) is 3.03. The second-order valence-corrected chi connectivity index (χ2v) is 9.06. The highest BCUT2D eigenvalue weighted by molar-refractivity contribution is 6.46. The Balaban J connectivity index is 1.77. The number of alkyl halides is 3. The van der Waals surface area contributed by atoms with E-state index in [1.807, 2.05) is 12.1 Å². The third-order valence-corrected chi connectivity index (χ3v) is 5.60. The smallest absolute Gasteiger partial charge is 0.350 e. The molecule has 2 amide bonds. The Labute approximate surface area is 195 Å². The minimum Gasteiger partial charge on any atom is -0.350 e. The molecule has 0 saturated heterocycles. The maximum Gasteiger partial charge on any atom is 0.416 e. The molecule has 4 nitrogen and oxygen atoms in total. The molecule has 3 aromatic carbocycles. The first-order chi connectivity index (χ1) is 16.0. The van der Waals surface area contributed by atoms with Crippen LogP contribution in [0.2, 0.25) is 0 Å². The summed E-state index contributed by atoms with van der Waals surface area (Å²) >= 11 is 0. The van der Waals surface area contributed by atoms with Crippen molar-refractivity contribution in [2.45, 2.75) is 32.4 Å². The van der Waals surface area contributed by atoms with Crippen LogP contribution in [0.5, 0.6) is 0 Å². The molecule has 1 aliphatic rings. The molecule has 0 unspecified atom stereocenters. The van der Waals surface area contributed by atoms with Crippen LogP contribution in [-0.4, -0.2) is 11.8 Å². The Bertz CT molecular complexity index is 1270. The highest BCUT2D eigenvalue weighted by Gasteiger charge is 2.41. The van der Waals surface area contributed by atoms with Gasteiger partial charge in [-0.2, -0.15) is 13.2 Å². The second kappa shape index (κ2) is 8.48. The van der Waals surface area contributed by atoms with E-state index in [1.165, 1.54) is 12.1 Å². The van der Waals surface area contributed by atoms with Gasteiger partial charge in [-0.25, -0.2) is 4.90 Å². The van der Waals surface area contributed by atoms with E-state index >= 15 is 0 Å². The molecule has 7 heteroatoms. The average molecular weight is 464 g/mol. The van der Waals surface area contributed by atoms with Gasteiger partial charge >= 0.3 is 6.18 Å². The van der Waals surface area contributed by atoms with Crippen LogP contribution in [0.25, 0.3) is 5.57 Å². The predicted molar refractivity (Wildman–Crippen MR) is 126 cm³/mol. The zero-order valence-corrected chi connectivity index (χ0v) is 18.9. The van der Waals surface area contributed by atoms with Crippen molar-refractivity contribution in [1.29, 1.82) is 0 Å². The monoisotopic (exact) mass is 464 g/mol. The van der Waals surface area contributed by atoms with Crippen molar-refractivity contribution >= 4 is 28.8 Å². The molecule has 0 atom stereocenters. The van der Waals surface area contributed by atoms with Crippen LogP contribution >= 0.6 is 0 Å². The summed E-state index contributed by atoms with van der Waals surface area (Å²) < 4.78 is 39.8. The molecule has 0 saturated carbocycles. The van der Waals surface area contributed by atoms with E-state index in [1.54, 1.807) is 42.5 Å². The number of carbonyl (C=O) groups is 2. The van der Waals surface area contributed by atoms with Crippen LogP contribution in [0, 0.1) is 0 Å². The van der Waals surface area contributed by atoms with Crippen LogP contribution in [0.4, 0.5) is 24.5 Å². The van der Waals surface area contributed by atoms with Crippen molar-refractivity contribution < 1.29 is 22.8 Å². The number of nitrogens with one attached hydrogen (secondary N) is 1. The number of benzene rings is 3. The molecule has 1 heterocycles. The molecule has 34 heavy (non-hydrogen) atoms. The molecule has 0 aromatic heterocycles. The van der Waals surface area contributed by atoms with Crippen LogP contribution in [0.1, 0.15) is 37.5 Å². The Morgan fingerprint density at radius 2 is 1.38 bits per heavy atom. The lowest BCUT2D eigenvalue weighted by molar-refractivity contribution is -0.137. The summed E-state index contributed by atoms with van der Waals surface area (Å²) in [6.45, 7) is 6.24. The van der Waals surface area contributed by atoms with E-state index in [0.717, 1.165) is 22.6 Å². The van der Waals surface area contributed by atoms with Gasteiger partial charge in [0, 0.05) is 5.69 Å². The van der Waals surface area contributed by atoms with Gasteiger partial charge < -0.3 is 5.32 Å². The van der Waals surface area contributed by atoms with Gasteiger partial charge in [-0.15, -0.1) is 0 Å². The Hall–Kier alpha value is -3.87. The summed E-state index contributed by atoms with van der Waals surface area (Å²) in [5, 5.41) is 3.04. The SMILES string of the molecule is CC(C)(C)c1ccc(NC2=C(c3ccccc3)C(=O)N(c3cccc(C(F)(F)F)c3)C2=O)cc1. The van der Waals surface area contributed by atoms with Gasteiger partial charge in [0.25, 0.3) is 11.8 Å². The first kappa shape index (κ1) is 23.3. The van der Waals surface area contributed by atoms with Crippen molar-refractivity contribution in [3.05, 3.63) is 101 Å². The molecule has 4 rings (SSSR count). The fraction of sp³-hybridized carbons (Fsp3) is 0.185. The summed E-state index contributed by atoms with van der Waals surface area (Å²) in [7, 11) is 0. The number of hydrogen-bond acceptors (Lipinski definition) is 3. The van der Waals surface area contributed by atoms with E-state index in [0.29, 0.717) is 11.3 Å². The van der Waals surface area contributed by atoms with Gasteiger partial charge in [-0.1, -0.05) is 69.3 Å². The molecule has 0 fully saturated rings. The summed E-state index contributed by atoms with van der Waals surface area (Å²) in [5.74, 6) is -1.41. The number of anilines is 2. The number of rotatable bonds is 4. The predicted octanol–water partition coefficient (Wildman–Crippen LogP) is 6.40. The van der Waals surface area contributed by atoms with Crippen LogP contribution < -0.4 is 10.2 Å². The number of nitrogens with zero attached hydrogens (tertiary/aromatic N) is 1. The number of amides is 2. The van der Waals surface area contributed by atoms with Crippen molar-refractivity contribution in [3.8, 4) is 0 Å². The molecule has 1 N–H and O–H groups in total.